The fourth-order valence-electron chi connectivity index (χ4n) is 0. The van der Waals surface area contributed by atoms with E-state index in [0.717, 1.165) is 6.08 Å². The fraction of sp³-hybridized carbons (Fsp3) is 0.143. The smallest absolute Gasteiger partial charge is 0.545 e. The van der Waals surface area contributed by atoms with Crippen LogP contribution < -0.4 is 10.2 Å². The number of aliphatic carboxylic acids is 2. The van der Waals surface area contributed by atoms with Crippen molar-refractivity contribution in [3.63, 3.8) is 0 Å². The van der Waals surface area contributed by atoms with Crippen LogP contribution in [0.15, 0.2) is 24.8 Å². The van der Waals surface area contributed by atoms with Gasteiger partial charge in [-0.3, -0.25) is 0 Å². The number of carbonyl (C=O) groups is 2. The molecule has 0 aliphatic heterocycles. The van der Waals surface area contributed by atoms with Crippen LogP contribution in [0.25, 0.3) is 0 Å². The molecular weight excluding hydrogens is 279 g/mol. The van der Waals surface area contributed by atoms with Crippen molar-refractivity contribution in [2.75, 3.05) is 0 Å². The number of rotatable bonds is 2. The second kappa shape index (κ2) is 14.2. The normalized spacial score (nSPS) is 5.92. The average molecular weight is 287 g/mol. The molecule has 0 aliphatic carbocycles. The Bertz CT molecular complexity index is 177. The van der Waals surface area contributed by atoms with Crippen molar-refractivity contribution in [2.45, 2.75) is 6.92 Å². The van der Waals surface area contributed by atoms with E-state index in [-0.39, 0.29) is 44.5 Å². The molecule has 0 N–H and O–H groups in total. The molecule has 0 fully saturated rings. The van der Waals surface area contributed by atoms with Crippen LogP contribution in [-0.2, 0) is 48.5 Å². The van der Waals surface area contributed by atoms with Crippen LogP contribution in [0.3, 0.4) is 0 Å². The van der Waals surface area contributed by atoms with Gasteiger partial charge in [0.1, 0.15) is 0 Å². The van der Waals surface area contributed by atoms with E-state index in [4.69, 9.17) is 9.90 Å². The van der Waals surface area contributed by atoms with Crippen LogP contribution in [0.5, 0.6) is 0 Å². The summed E-state index contributed by atoms with van der Waals surface area (Å²) in [6.45, 7) is 7.38. The zero-order valence-electron chi connectivity index (χ0n) is 7.54. The molecular formula is C7H8O4Zn2+2. The molecule has 13 heavy (non-hydrogen) atoms. The fourth-order valence-corrected chi connectivity index (χ4v) is 0. The first-order chi connectivity index (χ1) is 4.91. The van der Waals surface area contributed by atoms with Crippen molar-refractivity contribution >= 4 is 11.9 Å². The van der Waals surface area contributed by atoms with Gasteiger partial charge in [-0.2, -0.15) is 0 Å². The van der Waals surface area contributed by atoms with Gasteiger partial charge in [-0.25, -0.2) is 0 Å². The van der Waals surface area contributed by atoms with Crippen LogP contribution in [0.4, 0.5) is 0 Å². The van der Waals surface area contributed by atoms with E-state index in [1.165, 1.54) is 6.92 Å². The summed E-state index contributed by atoms with van der Waals surface area (Å²) >= 11 is 0. The Hall–Kier alpha value is -0.333. The largest absolute Gasteiger partial charge is 2.00 e. The molecule has 0 spiro atoms. The van der Waals surface area contributed by atoms with Crippen LogP contribution in [0.2, 0.25) is 0 Å². The summed E-state index contributed by atoms with van der Waals surface area (Å²) in [7, 11) is 0. The summed E-state index contributed by atoms with van der Waals surface area (Å²) < 4.78 is 0. The Morgan fingerprint density at radius 2 is 1.38 bits per heavy atom. The number of hydrogen-bond acceptors (Lipinski definition) is 4. The first kappa shape index (κ1) is 23.0. The van der Waals surface area contributed by atoms with E-state index in [9.17, 15) is 9.90 Å². The van der Waals surface area contributed by atoms with Gasteiger partial charge in [0.15, 0.2) is 0 Å². The van der Waals surface area contributed by atoms with Crippen LogP contribution in [0.1, 0.15) is 6.92 Å². The minimum atomic E-state index is -1.23. The topological polar surface area (TPSA) is 80.3 Å². The Balaban J connectivity index is -0.0000000546. The molecule has 0 aliphatic rings. The van der Waals surface area contributed by atoms with Crippen molar-refractivity contribution in [2.24, 2.45) is 0 Å². The standard InChI is InChI=1S/C4H6O2.C3H4O2.2Zn/c1-3(2)4(5)6;1-2-3(4)5;;/h1H2,2H3,(H,5,6);2H,1H2,(H,4,5);;/q;;2*+2/p-2. The Morgan fingerprint density at radius 1 is 1.23 bits per heavy atom. The molecule has 0 unspecified atom stereocenters. The molecule has 0 aromatic carbocycles. The van der Waals surface area contributed by atoms with Crippen molar-refractivity contribution in [1.29, 1.82) is 0 Å². The quantitative estimate of drug-likeness (QED) is 0.444. The minimum Gasteiger partial charge on any atom is -0.545 e. The second-order valence-electron chi connectivity index (χ2n) is 1.59. The Labute approximate surface area is 102 Å². The van der Waals surface area contributed by atoms with E-state index in [1.807, 2.05) is 0 Å². The van der Waals surface area contributed by atoms with Gasteiger partial charge < -0.3 is 19.8 Å². The van der Waals surface area contributed by atoms with Crippen LogP contribution in [-0.4, -0.2) is 11.9 Å². The molecule has 0 heterocycles. The third kappa shape index (κ3) is 34.0. The molecule has 0 saturated heterocycles. The number of carboxylic acid groups (broad SMARTS) is 2. The van der Waals surface area contributed by atoms with Gasteiger partial charge in [0, 0.05) is 0 Å². The molecule has 62 valence electrons. The summed E-state index contributed by atoms with van der Waals surface area (Å²) in [6.07, 6.45) is 0.722. The van der Waals surface area contributed by atoms with Crippen molar-refractivity contribution < 1.29 is 58.8 Å². The molecule has 6 heteroatoms. The molecule has 0 radical (unpaired) electrons. The summed E-state index contributed by atoms with van der Waals surface area (Å²) in [5, 5.41) is 18.6. The zero-order chi connectivity index (χ0) is 9.44. The maximum atomic E-state index is 9.49. The monoisotopic (exact) mass is 284 g/mol. The van der Waals surface area contributed by atoms with E-state index < -0.39 is 11.9 Å². The Morgan fingerprint density at radius 3 is 1.38 bits per heavy atom. The molecule has 0 aromatic rings. The van der Waals surface area contributed by atoms with E-state index in [1.54, 1.807) is 0 Å². The van der Waals surface area contributed by atoms with Gasteiger partial charge in [0.25, 0.3) is 0 Å². The van der Waals surface area contributed by atoms with Crippen LogP contribution >= 0.6 is 0 Å². The number of hydrogen-bond donors (Lipinski definition) is 0. The summed E-state index contributed by atoms with van der Waals surface area (Å²) in [4.78, 5) is 18.6. The molecule has 0 bridgehead atoms. The maximum Gasteiger partial charge on any atom is 2.00 e. The predicted molar refractivity (Wildman–Crippen MR) is 35.0 cm³/mol. The predicted octanol–water partition coefficient (Wildman–Crippen LogP) is -1.77. The SMILES string of the molecule is C=C(C)C(=O)[O-].C=CC(=O)[O-].[Zn+2].[Zn+2]. The van der Waals surface area contributed by atoms with Gasteiger partial charge in [-0.05, 0) is 18.6 Å². The maximum absolute atomic E-state index is 9.49. The number of carboxylic acids is 2. The van der Waals surface area contributed by atoms with Gasteiger partial charge in [0.05, 0.1) is 11.9 Å². The molecule has 0 aromatic heterocycles. The van der Waals surface area contributed by atoms with Gasteiger partial charge in [-0.15, -0.1) is 0 Å². The summed E-state index contributed by atoms with van der Waals surface area (Å²) in [5.41, 5.74) is 0.0648. The van der Waals surface area contributed by atoms with E-state index >= 15 is 0 Å². The third-order valence-electron chi connectivity index (χ3n) is 0.515. The van der Waals surface area contributed by atoms with Gasteiger partial charge in [-0.1, -0.05) is 13.2 Å². The third-order valence-corrected chi connectivity index (χ3v) is 0.515. The first-order valence-electron chi connectivity index (χ1n) is 2.62. The molecule has 4 nitrogen and oxygen atoms in total. The number of carbonyl (C=O) groups excluding carboxylic acids is 2. The second-order valence-corrected chi connectivity index (χ2v) is 1.59. The van der Waals surface area contributed by atoms with Crippen molar-refractivity contribution in [3.8, 4) is 0 Å². The Kier molecular flexibility index (Phi) is 25.1. The first-order valence-corrected chi connectivity index (χ1v) is 2.62. The summed E-state index contributed by atoms with van der Waals surface area (Å²) in [5.74, 6) is -2.42. The molecule has 0 rings (SSSR count). The van der Waals surface area contributed by atoms with E-state index in [2.05, 4.69) is 13.2 Å². The molecule has 0 amide bonds. The summed E-state index contributed by atoms with van der Waals surface area (Å²) in [6, 6.07) is 0. The molecule has 0 saturated carbocycles. The zero-order valence-corrected chi connectivity index (χ0v) is 13.5. The molecule has 0 atom stereocenters. The van der Waals surface area contributed by atoms with E-state index in [0.29, 0.717) is 0 Å². The van der Waals surface area contributed by atoms with Gasteiger partial charge in [0.2, 0.25) is 0 Å². The van der Waals surface area contributed by atoms with Gasteiger partial charge >= 0.3 is 39.0 Å². The van der Waals surface area contributed by atoms with Crippen molar-refractivity contribution in [1.82, 2.24) is 0 Å². The minimum absolute atomic E-state index is 0. The average Bonchev–Trinajstić information content (AvgIpc) is 1.89. The van der Waals surface area contributed by atoms with Crippen LogP contribution in [0, 0.1) is 0 Å². The van der Waals surface area contributed by atoms with Crippen molar-refractivity contribution in [3.05, 3.63) is 24.8 Å².